The van der Waals surface area contributed by atoms with Crippen molar-refractivity contribution in [2.24, 2.45) is 5.92 Å². The van der Waals surface area contributed by atoms with Gasteiger partial charge in [-0.1, -0.05) is 44.2 Å². The van der Waals surface area contributed by atoms with E-state index in [9.17, 15) is 29.4 Å². The van der Waals surface area contributed by atoms with E-state index >= 15 is 0 Å². The number of rotatable bonds is 11. The molecule has 3 amide bonds. The van der Waals surface area contributed by atoms with Crippen LogP contribution in [-0.2, 0) is 25.6 Å². The van der Waals surface area contributed by atoms with Gasteiger partial charge in [-0.05, 0) is 30.9 Å². The number of carboxylic acids is 1. The van der Waals surface area contributed by atoms with Crippen molar-refractivity contribution in [2.75, 3.05) is 13.2 Å². The molecule has 1 aliphatic rings. The van der Waals surface area contributed by atoms with E-state index in [-0.39, 0.29) is 12.3 Å². The summed E-state index contributed by atoms with van der Waals surface area (Å²) in [6.45, 7) is 3.47. The lowest BCUT2D eigenvalue weighted by atomic mass is 10.0. The number of hydrogen-bond donors (Lipinski definition) is 6. The average molecular weight is 449 g/mol. The Bertz CT molecular complexity index is 795. The zero-order chi connectivity index (χ0) is 23.7. The molecule has 1 heterocycles. The minimum atomic E-state index is -1.22. The van der Waals surface area contributed by atoms with Gasteiger partial charge in [0.1, 0.15) is 18.1 Å². The number of aliphatic hydroxyl groups is 1. The van der Waals surface area contributed by atoms with Gasteiger partial charge in [-0.3, -0.25) is 14.4 Å². The van der Waals surface area contributed by atoms with Gasteiger partial charge in [-0.25, -0.2) is 4.79 Å². The SMILES string of the molecule is CC(C)[C@H](NC(=O)[C@H](CO)NC(=O)[C@@H]1CCCN1)C(=O)N[C@@H](Cc1ccccc1)C(=O)O. The van der Waals surface area contributed by atoms with Crippen LogP contribution in [0.4, 0.5) is 0 Å². The van der Waals surface area contributed by atoms with E-state index < -0.39 is 54.5 Å². The molecule has 0 unspecified atom stereocenters. The Labute approximate surface area is 187 Å². The zero-order valence-corrected chi connectivity index (χ0v) is 18.3. The highest BCUT2D eigenvalue weighted by Gasteiger charge is 2.32. The first kappa shape index (κ1) is 25.3. The molecule has 0 aromatic heterocycles. The maximum Gasteiger partial charge on any atom is 0.326 e. The van der Waals surface area contributed by atoms with Crippen LogP contribution in [0.5, 0.6) is 0 Å². The first-order valence-corrected chi connectivity index (χ1v) is 10.7. The van der Waals surface area contributed by atoms with Crippen molar-refractivity contribution in [2.45, 2.75) is 57.3 Å². The number of amides is 3. The lowest BCUT2D eigenvalue weighted by Crippen LogP contribution is -2.59. The summed E-state index contributed by atoms with van der Waals surface area (Å²) >= 11 is 0. The topological polar surface area (TPSA) is 157 Å². The van der Waals surface area contributed by atoms with Crippen molar-refractivity contribution in [1.82, 2.24) is 21.3 Å². The number of carbonyl (C=O) groups is 4. The van der Waals surface area contributed by atoms with E-state index in [0.29, 0.717) is 13.0 Å². The Morgan fingerprint density at radius 2 is 1.72 bits per heavy atom. The molecule has 10 nitrogen and oxygen atoms in total. The highest BCUT2D eigenvalue weighted by atomic mass is 16.4. The molecule has 0 bridgehead atoms. The van der Waals surface area contributed by atoms with Crippen LogP contribution in [0.25, 0.3) is 0 Å². The second-order valence-electron chi connectivity index (χ2n) is 8.21. The van der Waals surface area contributed by atoms with E-state index in [1.54, 1.807) is 44.2 Å². The number of aliphatic carboxylic acids is 1. The number of nitrogens with one attached hydrogen (secondary N) is 4. The molecule has 0 spiro atoms. The van der Waals surface area contributed by atoms with E-state index in [0.717, 1.165) is 12.0 Å². The standard InChI is InChI=1S/C22H32N4O6/c1-13(2)18(21(30)24-16(22(31)32)11-14-7-4-3-5-8-14)26-20(29)17(12-27)25-19(28)15-9-6-10-23-15/h3-5,7-8,13,15-18,23,27H,6,9-12H2,1-2H3,(H,24,30)(H,25,28)(H,26,29)(H,31,32)/t15-,16-,17-,18-/m0/s1. The highest BCUT2D eigenvalue weighted by Crippen LogP contribution is 2.08. The van der Waals surface area contributed by atoms with Gasteiger partial charge >= 0.3 is 5.97 Å². The summed E-state index contributed by atoms with van der Waals surface area (Å²) in [5, 5.41) is 29.6. The van der Waals surface area contributed by atoms with Crippen molar-refractivity contribution in [3.05, 3.63) is 35.9 Å². The molecular weight excluding hydrogens is 416 g/mol. The van der Waals surface area contributed by atoms with Crippen molar-refractivity contribution in [3.63, 3.8) is 0 Å². The second-order valence-corrected chi connectivity index (χ2v) is 8.21. The second kappa shape index (κ2) is 12.2. The van der Waals surface area contributed by atoms with Crippen LogP contribution in [0.15, 0.2) is 30.3 Å². The number of benzene rings is 1. The third-order valence-electron chi connectivity index (χ3n) is 5.34. The molecule has 0 radical (unpaired) electrons. The van der Waals surface area contributed by atoms with Gasteiger partial charge in [-0.15, -0.1) is 0 Å². The third kappa shape index (κ3) is 7.31. The summed E-state index contributed by atoms with van der Waals surface area (Å²) in [5.74, 6) is -3.33. The largest absolute Gasteiger partial charge is 0.480 e. The maximum atomic E-state index is 12.8. The molecule has 2 rings (SSSR count). The summed E-state index contributed by atoms with van der Waals surface area (Å²) in [6, 6.07) is 5.01. The molecule has 6 N–H and O–H groups in total. The monoisotopic (exact) mass is 448 g/mol. The van der Waals surface area contributed by atoms with E-state index in [2.05, 4.69) is 21.3 Å². The summed E-state index contributed by atoms with van der Waals surface area (Å²) in [7, 11) is 0. The minimum absolute atomic E-state index is 0.0877. The predicted molar refractivity (Wildman–Crippen MR) is 117 cm³/mol. The summed E-state index contributed by atoms with van der Waals surface area (Å²) in [6.07, 6.45) is 1.57. The van der Waals surface area contributed by atoms with Gasteiger partial charge in [0.15, 0.2) is 0 Å². The lowest BCUT2D eigenvalue weighted by molar-refractivity contribution is -0.142. The number of aliphatic hydroxyl groups excluding tert-OH is 1. The van der Waals surface area contributed by atoms with Crippen LogP contribution < -0.4 is 21.3 Å². The quantitative estimate of drug-likeness (QED) is 0.258. The zero-order valence-electron chi connectivity index (χ0n) is 18.3. The minimum Gasteiger partial charge on any atom is -0.480 e. The summed E-state index contributed by atoms with van der Waals surface area (Å²) in [5.41, 5.74) is 0.744. The van der Waals surface area contributed by atoms with Gasteiger partial charge in [-0.2, -0.15) is 0 Å². The van der Waals surface area contributed by atoms with Gasteiger partial charge in [0.2, 0.25) is 17.7 Å². The fourth-order valence-electron chi connectivity index (χ4n) is 3.47. The molecule has 1 aliphatic heterocycles. The van der Waals surface area contributed by atoms with Crippen molar-refractivity contribution in [1.29, 1.82) is 0 Å². The van der Waals surface area contributed by atoms with Crippen molar-refractivity contribution < 1.29 is 29.4 Å². The number of hydrogen-bond acceptors (Lipinski definition) is 6. The first-order valence-electron chi connectivity index (χ1n) is 10.7. The van der Waals surface area contributed by atoms with Crippen LogP contribution in [0, 0.1) is 5.92 Å². The number of carbonyl (C=O) groups excluding carboxylic acids is 3. The van der Waals surface area contributed by atoms with Gasteiger partial charge in [0.25, 0.3) is 0 Å². The molecule has 0 aliphatic carbocycles. The Morgan fingerprint density at radius 1 is 1.03 bits per heavy atom. The molecule has 1 aromatic rings. The smallest absolute Gasteiger partial charge is 0.326 e. The summed E-state index contributed by atoms with van der Waals surface area (Å²) < 4.78 is 0. The lowest BCUT2D eigenvalue weighted by Gasteiger charge is -2.26. The van der Waals surface area contributed by atoms with Gasteiger partial charge < -0.3 is 31.5 Å². The summed E-state index contributed by atoms with van der Waals surface area (Å²) in [4.78, 5) is 49.4. The van der Waals surface area contributed by atoms with E-state index in [1.807, 2.05) is 0 Å². The molecule has 10 heteroatoms. The fraction of sp³-hybridized carbons (Fsp3) is 0.545. The van der Waals surface area contributed by atoms with Crippen LogP contribution in [0.1, 0.15) is 32.3 Å². The van der Waals surface area contributed by atoms with Gasteiger partial charge in [0.05, 0.1) is 12.6 Å². The molecular formula is C22H32N4O6. The molecule has 1 fully saturated rings. The third-order valence-corrected chi connectivity index (χ3v) is 5.34. The Morgan fingerprint density at radius 3 is 2.25 bits per heavy atom. The highest BCUT2D eigenvalue weighted by molar-refractivity contribution is 5.94. The van der Waals surface area contributed by atoms with Crippen LogP contribution in [0.2, 0.25) is 0 Å². The fourth-order valence-corrected chi connectivity index (χ4v) is 3.47. The molecule has 1 aromatic carbocycles. The average Bonchev–Trinajstić information content (AvgIpc) is 3.30. The van der Waals surface area contributed by atoms with E-state index in [4.69, 9.17) is 0 Å². The Kier molecular flexibility index (Phi) is 9.61. The number of carboxylic acid groups (broad SMARTS) is 1. The van der Waals surface area contributed by atoms with Crippen LogP contribution in [0.3, 0.4) is 0 Å². The molecule has 0 saturated carbocycles. The Balaban J connectivity index is 2.01. The van der Waals surface area contributed by atoms with Gasteiger partial charge in [0, 0.05) is 6.42 Å². The molecule has 176 valence electrons. The normalized spacial score (nSPS) is 18.4. The maximum absolute atomic E-state index is 12.8. The predicted octanol–water partition coefficient (Wildman–Crippen LogP) is -0.832. The Hall–Kier alpha value is -2.98. The van der Waals surface area contributed by atoms with Crippen molar-refractivity contribution in [3.8, 4) is 0 Å². The molecule has 1 saturated heterocycles. The van der Waals surface area contributed by atoms with Crippen molar-refractivity contribution >= 4 is 23.7 Å². The van der Waals surface area contributed by atoms with Crippen LogP contribution in [-0.4, -0.2) is 71.2 Å². The first-order chi connectivity index (χ1) is 15.2. The molecule has 32 heavy (non-hydrogen) atoms. The van der Waals surface area contributed by atoms with Crippen LogP contribution >= 0.6 is 0 Å². The molecule has 4 atom stereocenters. The van der Waals surface area contributed by atoms with E-state index in [1.165, 1.54) is 0 Å².